The van der Waals surface area contributed by atoms with Crippen LogP contribution in [-0.4, -0.2) is 35.5 Å². The van der Waals surface area contributed by atoms with Crippen LogP contribution in [-0.2, 0) is 16.0 Å². The van der Waals surface area contributed by atoms with E-state index in [1.807, 2.05) is 30.3 Å². The molecular weight excluding hydrogens is 272 g/mol. The van der Waals surface area contributed by atoms with Crippen LogP contribution < -0.4 is 10.6 Å². The van der Waals surface area contributed by atoms with E-state index in [2.05, 4.69) is 10.6 Å². The minimum absolute atomic E-state index is 0.217. The third kappa shape index (κ3) is 5.64. The topological polar surface area (TPSA) is 95.5 Å². The molecule has 3 N–H and O–H groups in total. The van der Waals surface area contributed by atoms with Crippen LogP contribution in [0.15, 0.2) is 30.3 Å². The van der Waals surface area contributed by atoms with E-state index in [9.17, 15) is 14.4 Å². The van der Waals surface area contributed by atoms with Crippen molar-refractivity contribution in [3.63, 3.8) is 0 Å². The molecule has 2 amide bonds. The van der Waals surface area contributed by atoms with E-state index in [0.29, 0.717) is 12.7 Å². The Hall–Kier alpha value is -2.37. The second-order valence-corrected chi connectivity index (χ2v) is 5.11. The van der Waals surface area contributed by atoms with E-state index in [0.717, 1.165) is 5.56 Å². The largest absolute Gasteiger partial charge is 0.465 e. The molecule has 6 heteroatoms. The number of rotatable bonds is 7. The lowest BCUT2D eigenvalue weighted by molar-refractivity contribution is -0.126. The van der Waals surface area contributed by atoms with Gasteiger partial charge in [-0.3, -0.25) is 4.79 Å². The van der Waals surface area contributed by atoms with Crippen LogP contribution in [0.3, 0.4) is 0 Å². The number of nitrogens with one attached hydrogen (secondary N) is 2. The Labute approximate surface area is 123 Å². The zero-order valence-corrected chi connectivity index (χ0v) is 12.1. The molecule has 0 aromatic heterocycles. The average Bonchev–Trinajstić information content (AvgIpc) is 2.44. The number of amides is 2. The van der Waals surface area contributed by atoms with Crippen molar-refractivity contribution in [3.8, 4) is 0 Å². The van der Waals surface area contributed by atoms with Gasteiger partial charge in [0.15, 0.2) is 0 Å². The summed E-state index contributed by atoms with van der Waals surface area (Å²) < 4.78 is 0. The molecule has 0 radical (unpaired) electrons. The predicted molar refractivity (Wildman–Crippen MR) is 77.9 cm³/mol. The van der Waals surface area contributed by atoms with Crippen molar-refractivity contribution in [2.75, 3.05) is 0 Å². The fraction of sp³-hybridized carbons (Fsp3) is 0.400. The fourth-order valence-corrected chi connectivity index (χ4v) is 1.94. The molecule has 0 aliphatic heterocycles. The standard InChI is InChI=1S/C15H20N2O4/c1-10(2)13(17-15(20)21)14(19)16-12(9-18)8-11-6-4-3-5-7-11/h3-7,9-10,12-13,17H,8H2,1-2H3,(H,16,19)(H,20,21)/t12-,13-/m0/s1. The lowest BCUT2D eigenvalue weighted by atomic mass is 10.0. The van der Waals surface area contributed by atoms with Gasteiger partial charge in [0.05, 0.1) is 6.04 Å². The Balaban J connectivity index is 2.68. The molecule has 0 aliphatic carbocycles. The van der Waals surface area contributed by atoms with E-state index >= 15 is 0 Å². The summed E-state index contributed by atoms with van der Waals surface area (Å²) in [4.78, 5) is 33.9. The van der Waals surface area contributed by atoms with Gasteiger partial charge in [-0.25, -0.2) is 4.79 Å². The molecule has 1 aromatic carbocycles. The summed E-state index contributed by atoms with van der Waals surface area (Å²) in [6.45, 7) is 3.46. The summed E-state index contributed by atoms with van der Waals surface area (Å²) in [7, 11) is 0. The first-order valence-electron chi connectivity index (χ1n) is 6.73. The Morgan fingerprint density at radius 2 is 1.81 bits per heavy atom. The lowest BCUT2D eigenvalue weighted by Gasteiger charge is -2.22. The third-order valence-electron chi connectivity index (χ3n) is 3.02. The second-order valence-electron chi connectivity index (χ2n) is 5.11. The summed E-state index contributed by atoms with van der Waals surface area (Å²) in [6, 6.07) is 7.71. The molecule has 0 fully saturated rings. The number of carboxylic acid groups (broad SMARTS) is 1. The first kappa shape index (κ1) is 16.7. The first-order valence-corrected chi connectivity index (χ1v) is 6.73. The molecule has 0 saturated heterocycles. The second kappa shape index (κ2) is 8.04. The predicted octanol–water partition coefficient (Wildman–Crippen LogP) is 1.21. The maximum Gasteiger partial charge on any atom is 0.405 e. The quantitative estimate of drug-likeness (QED) is 0.658. The van der Waals surface area contributed by atoms with E-state index < -0.39 is 24.1 Å². The van der Waals surface area contributed by atoms with Crippen molar-refractivity contribution in [1.82, 2.24) is 10.6 Å². The van der Waals surface area contributed by atoms with Gasteiger partial charge in [0, 0.05) is 0 Å². The van der Waals surface area contributed by atoms with Crippen molar-refractivity contribution in [2.45, 2.75) is 32.4 Å². The smallest absolute Gasteiger partial charge is 0.405 e. The Morgan fingerprint density at radius 3 is 2.29 bits per heavy atom. The van der Waals surface area contributed by atoms with Crippen LogP contribution >= 0.6 is 0 Å². The third-order valence-corrected chi connectivity index (χ3v) is 3.02. The summed E-state index contributed by atoms with van der Waals surface area (Å²) in [5.74, 6) is -0.717. The number of benzene rings is 1. The van der Waals surface area contributed by atoms with Gasteiger partial charge in [-0.15, -0.1) is 0 Å². The summed E-state index contributed by atoms with van der Waals surface area (Å²) in [5.41, 5.74) is 0.919. The van der Waals surface area contributed by atoms with Gasteiger partial charge in [0.1, 0.15) is 12.3 Å². The number of hydrogen-bond donors (Lipinski definition) is 3. The summed E-state index contributed by atoms with van der Waals surface area (Å²) in [6.07, 6.45) is -0.244. The molecule has 0 saturated carbocycles. The zero-order valence-electron chi connectivity index (χ0n) is 12.1. The Morgan fingerprint density at radius 1 is 1.19 bits per heavy atom. The van der Waals surface area contributed by atoms with Crippen LogP contribution in [0.25, 0.3) is 0 Å². The SMILES string of the molecule is CC(C)[C@H](NC(=O)O)C(=O)N[C@H](C=O)Cc1ccccc1. The number of aldehydes is 1. The molecule has 21 heavy (non-hydrogen) atoms. The van der Waals surface area contributed by atoms with E-state index in [4.69, 9.17) is 5.11 Å². The molecule has 0 bridgehead atoms. The van der Waals surface area contributed by atoms with Gasteiger partial charge in [-0.05, 0) is 17.9 Å². The van der Waals surface area contributed by atoms with Gasteiger partial charge in [-0.1, -0.05) is 44.2 Å². The Kier molecular flexibility index (Phi) is 6.39. The summed E-state index contributed by atoms with van der Waals surface area (Å²) >= 11 is 0. The van der Waals surface area contributed by atoms with Crippen molar-refractivity contribution >= 4 is 18.3 Å². The highest BCUT2D eigenvalue weighted by Gasteiger charge is 2.25. The molecule has 0 heterocycles. The van der Waals surface area contributed by atoms with Crippen LogP contribution in [0.2, 0.25) is 0 Å². The van der Waals surface area contributed by atoms with Crippen LogP contribution in [0.4, 0.5) is 4.79 Å². The first-order chi connectivity index (χ1) is 9.93. The molecular formula is C15H20N2O4. The molecule has 0 unspecified atom stereocenters. The van der Waals surface area contributed by atoms with Gasteiger partial charge in [0.2, 0.25) is 5.91 Å². The highest BCUT2D eigenvalue weighted by atomic mass is 16.4. The lowest BCUT2D eigenvalue weighted by Crippen LogP contribution is -2.52. The van der Waals surface area contributed by atoms with Crippen molar-refractivity contribution in [1.29, 1.82) is 0 Å². The number of carbonyl (C=O) groups excluding carboxylic acids is 2. The average molecular weight is 292 g/mol. The fourth-order valence-electron chi connectivity index (χ4n) is 1.94. The molecule has 6 nitrogen and oxygen atoms in total. The molecule has 0 spiro atoms. The minimum Gasteiger partial charge on any atom is -0.465 e. The molecule has 1 rings (SSSR count). The molecule has 114 valence electrons. The van der Waals surface area contributed by atoms with E-state index in [-0.39, 0.29) is 5.92 Å². The van der Waals surface area contributed by atoms with Crippen LogP contribution in [0, 0.1) is 5.92 Å². The maximum atomic E-state index is 12.1. The van der Waals surface area contributed by atoms with Gasteiger partial charge < -0.3 is 20.5 Å². The maximum absolute atomic E-state index is 12.1. The van der Waals surface area contributed by atoms with Crippen molar-refractivity contribution in [2.24, 2.45) is 5.92 Å². The monoisotopic (exact) mass is 292 g/mol. The highest BCUT2D eigenvalue weighted by molar-refractivity contribution is 5.87. The van der Waals surface area contributed by atoms with Crippen LogP contribution in [0.1, 0.15) is 19.4 Å². The molecule has 2 atom stereocenters. The van der Waals surface area contributed by atoms with Crippen LogP contribution in [0.5, 0.6) is 0 Å². The van der Waals surface area contributed by atoms with Gasteiger partial charge in [-0.2, -0.15) is 0 Å². The normalized spacial score (nSPS) is 13.3. The molecule has 0 aliphatic rings. The van der Waals surface area contributed by atoms with Crippen molar-refractivity contribution < 1.29 is 19.5 Å². The minimum atomic E-state index is -1.27. The number of hydrogen-bond acceptors (Lipinski definition) is 3. The summed E-state index contributed by atoms with van der Waals surface area (Å²) in [5, 5.41) is 13.5. The zero-order chi connectivity index (χ0) is 15.8. The van der Waals surface area contributed by atoms with Crippen molar-refractivity contribution in [3.05, 3.63) is 35.9 Å². The van der Waals surface area contributed by atoms with Gasteiger partial charge >= 0.3 is 6.09 Å². The van der Waals surface area contributed by atoms with Gasteiger partial charge in [0.25, 0.3) is 0 Å². The highest BCUT2D eigenvalue weighted by Crippen LogP contribution is 2.05. The Bertz CT molecular complexity index is 488. The van der Waals surface area contributed by atoms with E-state index in [1.165, 1.54) is 0 Å². The van der Waals surface area contributed by atoms with E-state index in [1.54, 1.807) is 13.8 Å². The molecule has 1 aromatic rings. The number of carbonyl (C=O) groups is 3.